The van der Waals surface area contributed by atoms with E-state index in [9.17, 15) is 18.0 Å². The molecule has 7 heteroatoms. The van der Waals surface area contributed by atoms with Crippen molar-refractivity contribution in [2.45, 2.75) is 6.18 Å². The number of amides is 1. The van der Waals surface area contributed by atoms with E-state index in [-0.39, 0.29) is 5.56 Å². The third-order valence-electron chi connectivity index (χ3n) is 2.71. The highest BCUT2D eigenvalue weighted by atomic mass is 19.4. The lowest BCUT2D eigenvalue weighted by molar-refractivity contribution is -0.137. The maximum atomic E-state index is 12.7. The Balaban J connectivity index is 2.93. The van der Waals surface area contributed by atoms with Crippen LogP contribution in [0.1, 0.15) is 15.9 Å². The number of carbonyl (C=O) groups is 1. The van der Waals surface area contributed by atoms with Crippen molar-refractivity contribution in [1.29, 1.82) is 0 Å². The molecule has 4 nitrogen and oxygen atoms in total. The number of nitrogens with zero attached hydrogens (tertiary/aromatic N) is 1. The molecule has 0 fully saturated rings. The van der Waals surface area contributed by atoms with Gasteiger partial charge in [-0.15, -0.1) is 0 Å². The van der Waals surface area contributed by atoms with Gasteiger partial charge in [0, 0.05) is 25.8 Å². The normalized spacial score (nSPS) is 11.6. The number of rotatable bonds is 5. The molecule has 0 aliphatic heterocycles. The first kappa shape index (κ1) is 16.3. The van der Waals surface area contributed by atoms with E-state index < -0.39 is 17.6 Å². The Bertz CT molecular complexity index is 472. The number of carbonyl (C=O) groups excluding carboxylic acids is 1. The van der Waals surface area contributed by atoms with Crippen LogP contribution in [0.3, 0.4) is 0 Å². The average molecular weight is 289 g/mol. The Morgan fingerprint density at radius 2 is 1.95 bits per heavy atom. The van der Waals surface area contributed by atoms with Gasteiger partial charge in [0.25, 0.3) is 5.91 Å². The molecule has 1 aromatic carbocycles. The number of halogens is 3. The minimum atomic E-state index is -4.47. The first-order valence-electron chi connectivity index (χ1n) is 6.07. The highest BCUT2D eigenvalue weighted by molar-refractivity contribution is 5.99. The maximum absolute atomic E-state index is 12.7. The number of anilines is 1. The lowest BCUT2D eigenvalue weighted by Crippen LogP contribution is -2.31. The molecule has 0 aliphatic rings. The van der Waals surface area contributed by atoms with E-state index in [1.165, 1.54) is 6.07 Å². The van der Waals surface area contributed by atoms with Crippen molar-refractivity contribution in [2.24, 2.45) is 0 Å². The Kier molecular flexibility index (Phi) is 5.38. The van der Waals surface area contributed by atoms with E-state index in [1.54, 1.807) is 7.05 Å². The van der Waals surface area contributed by atoms with Crippen LogP contribution < -0.4 is 10.6 Å². The minimum Gasteiger partial charge on any atom is -0.387 e. The zero-order valence-electron chi connectivity index (χ0n) is 11.6. The fourth-order valence-corrected chi connectivity index (χ4v) is 1.61. The van der Waals surface area contributed by atoms with Crippen molar-refractivity contribution in [1.82, 2.24) is 10.2 Å². The van der Waals surface area contributed by atoms with Gasteiger partial charge >= 0.3 is 6.18 Å². The molecule has 0 radical (unpaired) electrons. The Labute approximate surface area is 116 Å². The van der Waals surface area contributed by atoms with Crippen LogP contribution in [0.15, 0.2) is 18.2 Å². The molecule has 0 atom stereocenters. The molecule has 0 saturated carbocycles. The van der Waals surface area contributed by atoms with Crippen LogP contribution in [-0.2, 0) is 6.18 Å². The summed E-state index contributed by atoms with van der Waals surface area (Å²) >= 11 is 0. The van der Waals surface area contributed by atoms with Crippen molar-refractivity contribution in [2.75, 3.05) is 39.5 Å². The lowest BCUT2D eigenvalue weighted by Gasteiger charge is -2.14. The molecular formula is C13H18F3N3O. The number of likely N-dealkylation sites (N-methyl/N-ethyl adjacent to an activating group) is 1. The van der Waals surface area contributed by atoms with Crippen molar-refractivity contribution >= 4 is 11.6 Å². The van der Waals surface area contributed by atoms with Gasteiger partial charge in [-0.25, -0.2) is 0 Å². The van der Waals surface area contributed by atoms with Gasteiger partial charge in [-0.3, -0.25) is 4.79 Å². The van der Waals surface area contributed by atoms with Gasteiger partial charge in [-0.2, -0.15) is 13.2 Å². The van der Waals surface area contributed by atoms with Gasteiger partial charge in [0.15, 0.2) is 0 Å². The number of hydrogen-bond acceptors (Lipinski definition) is 3. The quantitative estimate of drug-likeness (QED) is 0.872. The molecule has 0 spiro atoms. The summed E-state index contributed by atoms with van der Waals surface area (Å²) in [5, 5.41) is 5.31. The molecule has 0 heterocycles. The van der Waals surface area contributed by atoms with Crippen LogP contribution in [0.25, 0.3) is 0 Å². The maximum Gasteiger partial charge on any atom is 0.416 e. The summed E-state index contributed by atoms with van der Waals surface area (Å²) in [4.78, 5) is 13.8. The molecule has 0 saturated heterocycles. The summed E-state index contributed by atoms with van der Waals surface area (Å²) in [5.41, 5.74) is -0.490. The van der Waals surface area contributed by atoms with Crippen LogP contribution in [0.2, 0.25) is 0 Å². The van der Waals surface area contributed by atoms with E-state index in [0.717, 1.165) is 12.1 Å². The largest absolute Gasteiger partial charge is 0.416 e. The molecule has 0 unspecified atom stereocenters. The molecule has 1 rings (SSSR count). The van der Waals surface area contributed by atoms with Crippen molar-refractivity contribution in [3.05, 3.63) is 29.3 Å². The van der Waals surface area contributed by atoms with Gasteiger partial charge in [-0.1, -0.05) is 0 Å². The van der Waals surface area contributed by atoms with E-state index in [1.807, 2.05) is 19.0 Å². The van der Waals surface area contributed by atoms with E-state index in [0.29, 0.717) is 18.8 Å². The van der Waals surface area contributed by atoms with Crippen molar-refractivity contribution in [3.63, 3.8) is 0 Å². The zero-order chi connectivity index (χ0) is 15.3. The minimum absolute atomic E-state index is 0.0129. The van der Waals surface area contributed by atoms with Crippen LogP contribution in [-0.4, -0.2) is 45.0 Å². The first-order valence-corrected chi connectivity index (χ1v) is 6.07. The fourth-order valence-electron chi connectivity index (χ4n) is 1.61. The molecule has 0 bridgehead atoms. The predicted molar refractivity (Wildman–Crippen MR) is 71.9 cm³/mol. The Morgan fingerprint density at radius 1 is 1.30 bits per heavy atom. The van der Waals surface area contributed by atoms with Gasteiger partial charge in [-0.05, 0) is 32.3 Å². The second-order valence-electron chi connectivity index (χ2n) is 4.57. The van der Waals surface area contributed by atoms with Gasteiger partial charge < -0.3 is 15.5 Å². The molecule has 0 aromatic heterocycles. The number of hydrogen-bond donors (Lipinski definition) is 2. The number of benzene rings is 1. The van der Waals surface area contributed by atoms with Crippen LogP contribution in [0, 0.1) is 0 Å². The number of alkyl halides is 3. The molecule has 112 valence electrons. The van der Waals surface area contributed by atoms with Gasteiger partial charge in [0.05, 0.1) is 11.1 Å². The summed E-state index contributed by atoms with van der Waals surface area (Å²) in [6, 6.07) is 3.06. The zero-order valence-corrected chi connectivity index (χ0v) is 11.6. The third kappa shape index (κ3) is 4.41. The van der Waals surface area contributed by atoms with Crippen molar-refractivity contribution in [3.8, 4) is 0 Å². The van der Waals surface area contributed by atoms with Crippen LogP contribution in [0.5, 0.6) is 0 Å². The highest BCUT2D eigenvalue weighted by Crippen LogP contribution is 2.31. The lowest BCUT2D eigenvalue weighted by atomic mass is 10.1. The van der Waals surface area contributed by atoms with E-state index in [2.05, 4.69) is 10.6 Å². The monoisotopic (exact) mass is 289 g/mol. The second kappa shape index (κ2) is 6.60. The molecule has 1 aromatic rings. The highest BCUT2D eigenvalue weighted by Gasteiger charge is 2.31. The molecule has 0 aliphatic carbocycles. The average Bonchev–Trinajstić information content (AvgIpc) is 2.36. The summed E-state index contributed by atoms with van der Waals surface area (Å²) < 4.78 is 38.0. The molecule has 2 N–H and O–H groups in total. The SMILES string of the molecule is CNc1ccc(C(F)(F)F)cc1C(=O)NCCN(C)C. The van der Waals surface area contributed by atoms with Crippen LogP contribution >= 0.6 is 0 Å². The molecular weight excluding hydrogens is 271 g/mol. The smallest absolute Gasteiger partial charge is 0.387 e. The standard InChI is InChI=1S/C13H18F3N3O/c1-17-11-5-4-9(13(14,15)16)8-10(11)12(20)18-6-7-19(2)3/h4-5,8,17H,6-7H2,1-3H3,(H,18,20). The van der Waals surface area contributed by atoms with Gasteiger partial charge in [0.1, 0.15) is 0 Å². The first-order chi connectivity index (χ1) is 9.25. The van der Waals surface area contributed by atoms with E-state index >= 15 is 0 Å². The third-order valence-corrected chi connectivity index (χ3v) is 2.71. The summed E-state index contributed by atoms with van der Waals surface area (Å²) in [5.74, 6) is -0.526. The van der Waals surface area contributed by atoms with Crippen molar-refractivity contribution < 1.29 is 18.0 Å². The predicted octanol–water partition coefficient (Wildman–Crippen LogP) is 2.04. The molecule has 20 heavy (non-hydrogen) atoms. The topological polar surface area (TPSA) is 44.4 Å². The Hall–Kier alpha value is -1.76. The fraction of sp³-hybridized carbons (Fsp3) is 0.462. The summed E-state index contributed by atoms with van der Waals surface area (Å²) in [6.07, 6.45) is -4.47. The van der Waals surface area contributed by atoms with Crippen LogP contribution in [0.4, 0.5) is 18.9 Å². The second-order valence-corrected chi connectivity index (χ2v) is 4.57. The number of nitrogens with one attached hydrogen (secondary N) is 2. The summed E-state index contributed by atoms with van der Waals surface area (Å²) in [7, 11) is 5.24. The Morgan fingerprint density at radius 3 is 2.45 bits per heavy atom. The van der Waals surface area contributed by atoms with E-state index in [4.69, 9.17) is 0 Å². The summed E-state index contributed by atoms with van der Waals surface area (Å²) in [6.45, 7) is 0.977. The van der Waals surface area contributed by atoms with Gasteiger partial charge in [0.2, 0.25) is 0 Å². The molecule has 1 amide bonds.